The summed E-state index contributed by atoms with van der Waals surface area (Å²) >= 11 is 0. The highest BCUT2D eigenvalue weighted by atomic mass is 16.5. The number of hydrogen-bond acceptors (Lipinski definition) is 3. The maximum absolute atomic E-state index is 13.2. The Kier molecular flexibility index (Phi) is 4.90. The molecule has 0 heterocycles. The van der Waals surface area contributed by atoms with E-state index in [9.17, 15) is 14.7 Å². The minimum atomic E-state index is -0.891. The Morgan fingerprint density at radius 3 is 2.18 bits per heavy atom. The second kappa shape index (κ2) is 7.50. The van der Waals surface area contributed by atoms with E-state index < -0.39 is 17.8 Å². The molecular weight excluding hydrogens is 354 g/mol. The predicted molar refractivity (Wildman–Crippen MR) is 105 cm³/mol. The summed E-state index contributed by atoms with van der Waals surface area (Å²) in [7, 11) is 1.61. The van der Waals surface area contributed by atoms with Crippen molar-refractivity contribution in [1.82, 2.24) is 5.32 Å². The van der Waals surface area contributed by atoms with Crippen molar-refractivity contribution in [3.05, 3.63) is 77.9 Å². The lowest BCUT2D eigenvalue weighted by Gasteiger charge is -2.27. The van der Waals surface area contributed by atoms with Crippen LogP contribution in [0, 0.1) is 23.7 Å². The number of carboxylic acids is 1. The number of aliphatic carboxylic acids is 1. The van der Waals surface area contributed by atoms with Crippen LogP contribution >= 0.6 is 0 Å². The minimum Gasteiger partial charge on any atom is -0.497 e. The molecule has 2 bridgehead atoms. The first kappa shape index (κ1) is 18.3. The first-order valence-electron chi connectivity index (χ1n) is 9.49. The summed E-state index contributed by atoms with van der Waals surface area (Å²) < 4.78 is 5.23. The Balaban J connectivity index is 1.63. The van der Waals surface area contributed by atoms with Crippen molar-refractivity contribution in [3.63, 3.8) is 0 Å². The molecular formula is C23H23NO4. The summed E-state index contributed by atoms with van der Waals surface area (Å²) in [6, 6.07) is 16.9. The number of rotatable bonds is 6. The van der Waals surface area contributed by atoms with Gasteiger partial charge < -0.3 is 15.2 Å². The fraction of sp³-hybridized carbons (Fsp3) is 0.304. The number of carbonyl (C=O) groups excluding carboxylic acids is 1. The van der Waals surface area contributed by atoms with Gasteiger partial charge in [0.25, 0.3) is 0 Å². The Morgan fingerprint density at radius 1 is 0.964 bits per heavy atom. The van der Waals surface area contributed by atoms with Gasteiger partial charge in [0.05, 0.1) is 25.0 Å². The van der Waals surface area contributed by atoms with Gasteiger partial charge in [-0.3, -0.25) is 9.59 Å². The number of hydrogen-bond donors (Lipinski definition) is 2. The SMILES string of the molecule is COc1ccc([C@H](NC(=O)[C@H]2[C@H](C(=O)O)[C@H]3C=C[C@H]2C3)c2ccccc2)cc1. The van der Waals surface area contributed by atoms with Gasteiger partial charge in [-0.1, -0.05) is 54.6 Å². The molecule has 0 unspecified atom stereocenters. The molecule has 28 heavy (non-hydrogen) atoms. The Labute approximate surface area is 164 Å². The van der Waals surface area contributed by atoms with E-state index in [-0.39, 0.29) is 23.8 Å². The smallest absolute Gasteiger partial charge is 0.307 e. The van der Waals surface area contributed by atoms with Crippen LogP contribution in [-0.4, -0.2) is 24.1 Å². The molecule has 1 saturated carbocycles. The van der Waals surface area contributed by atoms with E-state index in [1.807, 2.05) is 66.7 Å². The van der Waals surface area contributed by atoms with Crippen LogP contribution in [0.5, 0.6) is 5.75 Å². The summed E-state index contributed by atoms with van der Waals surface area (Å²) in [6.07, 6.45) is 4.69. The predicted octanol–water partition coefficient (Wildman–Crippen LogP) is 3.42. The summed E-state index contributed by atoms with van der Waals surface area (Å²) in [5, 5.41) is 12.8. The van der Waals surface area contributed by atoms with Crippen molar-refractivity contribution < 1.29 is 19.4 Å². The van der Waals surface area contributed by atoms with Crippen LogP contribution in [0.2, 0.25) is 0 Å². The van der Waals surface area contributed by atoms with E-state index in [1.165, 1.54) is 0 Å². The van der Waals surface area contributed by atoms with Gasteiger partial charge in [0.1, 0.15) is 5.75 Å². The molecule has 2 aromatic rings. The van der Waals surface area contributed by atoms with Crippen LogP contribution in [-0.2, 0) is 9.59 Å². The van der Waals surface area contributed by atoms with Crippen LogP contribution in [0.1, 0.15) is 23.6 Å². The molecule has 0 spiro atoms. The normalized spacial score (nSPS) is 26.0. The number of carbonyl (C=O) groups is 2. The first-order chi connectivity index (χ1) is 13.6. The largest absolute Gasteiger partial charge is 0.497 e. The Morgan fingerprint density at radius 2 is 1.57 bits per heavy atom. The molecule has 0 saturated heterocycles. The lowest BCUT2D eigenvalue weighted by atomic mass is 9.82. The highest BCUT2D eigenvalue weighted by Gasteiger charge is 2.51. The van der Waals surface area contributed by atoms with E-state index >= 15 is 0 Å². The maximum atomic E-state index is 13.2. The zero-order valence-corrected chi connectivity index (χ0v) is 15.6. The van der Waals surface area contributed by atoms with Crippen LogP contribution < -0.4 is 10.1 Å². The van der Waals surface area contributed by atoms with E-state index in [4.69, 9.17) is 4.74 Å². The zero-order valence-electron chi connectivity index (χ0n) is 15.6. The van der Waals surface area contributed by atoms with Crippen LogP contribution in [0.15, 0.2) is 66.7 Å². The number of allylic oxidation sites excluding steroid dienone is 2. The number of ether oxygens (including phenoxy) is 1. The van der Waals surface area contributed by atoms with Crippen molar-refractivity contribution in [2.45, 2.75) is 12.5 Å². The molecule has 5 atom stereocenters. The lowest BCUT2D eigenvalue weighted by molar-refractivity contribution is -0.147. The first-order valence-corrected chi connectivity index (χ1v) is 9.49. The van der Waals surface area contributed by atoms with Crippen molar-refractivity contribution >= 4 is 11.9 Å². The van der Waals surface area contributed by atoms with Gasteiger partial charge in [-0.2, -0.15) is 0 Å². The highest BCUT2D eigenvalue weighted by molar-refractivity contribution is 5.87. The Hall–Kier alpha value is -3.08. The van der Waals surface area contributed by atoms with Gasteiger partial charge in [0.15, 0.2) is 0 Å². The average Bonchev–Trinajstić information content (AvgIpc) is 3.34. The molecule has 4 rings (SSSR count). The molecule has 5 nitrogen and oxygen atoms in total. The summed E-state index contributed by atoms with van der Waals surface area (Å²) in [6.45, 7) is 0. The average molecular weight is 377 g/mol. The molecule has 5 heteroatoms. The van der Waals surface area contributed by atoms with E-state index in [0.29, 0.717) is 0 Å². The third-order valence-corrected chi connectivity index (χ3v) is 5.92. The second-order valence-corrected chi connectivity index (χ2v) is 7.46. The van der Waals surface area contributed by atoms with Crippen molar-refractivity contribution in [2.75, 3.05) is 7.11 Å². The fourth-order valence-corrected chi connectivity index (χ4v) is 4.56. The van der Waals surface area contributed by atoms with Crippen molar-refractivity contribution in [3.8, 4) is 5.75 Å². The molecule has 0 aromatic heterocycles. The monoisotopic (exact) mass is 377 g/mol. The number of nitrogens with one attached hydrogen (secondary N) is 1. The molecule has 144 valence electrons. The van der Waals surface area contributed by atoms with E-state index in [2.05, 4.69) is 5.32 Å². The van der Waals surface area contributed by atoms with Crippen LogP contribution in [0.3, 0.4) is 0 Å². The highest BCUT2D eigenvalue weighted by Crippen LogP contribution is 2.48. The van der Waals surface area contributed by atoms with Gasteiger partial charge in [-0.25, -0.2) is 0 Å². The van der Waals surface area contributed by atoms with E-state index in [0.717, 1.165) is 23.3 Å². The fourth-order valence-electron chi connectivity index (χ4n) is 4.56. The van der Waals surface area contributed by atoms with Gasteiger partial charge in [0, 0.05) is 0 Å². The molecule has 1 amide bonds. The number of fused-ring (bicyclic) bond motifs is 2. The van der Waals surface area contributed by atoms with Crippen LogP contribution in [0.4, 0.5) is 0 Å². The third kappa shape index (κ3) is 3.28. The second-order valence-electron chi connectivity index (χ2n) is 7.46. The third-order valence-electron chi connectivity index (χ3n) is 5.92. The number of amides is 1. The van der Waals surface area contributed by atoms with Crippen LogP contribution in [0.25, 0.3) is 0 Å². The molecule has 2 aromatic carbocycles. The number of carboxylic acid groups (broad SMARTS) is 1. The summed E-state index contributed by atoms with van der Waals surface area (Å²) in [5.41, 5.74) is 1.87. The van der Waals surface area contributed by atoms with Gasteiger partial charge >= 0.3 is 5.97 Å². The molecule has 2 aliphatic carbocycles. The molecule has 0 aliphatic heterocycles. The number of benzene rings is 2. The zero-order chi connectivity index (χ0) is 19.7. The van der Waals surface area contributed by atoms with E-state index in [1.54, 1.807) is 7.11 Å². The maximum Gasteiger partial charge on any atom is 0.307 e. The van der Waals surface area contributed by atoms with Gasteiger partial charge in [-0.05, 0) is 41.5 Å². The standard InChI is InChI=1S/C23H23NO4/c1-28-18-11-9-15(10-12-18)21(14-5-3-2-4-6-14)24-22(25)19-16-7-8-17(13-16)20(19)23(26)27/h2-12,16-17,19-21H,13H2,1H3,(H,24,25)(H,26,27)/t16-,17-,19+,20+,21+/m0/s1. The minimum absolute atomic E-state index is 0.00149. The summed E-state index contributed by atoms with van der Waals surface area (Å²) in [5.74, 6) is -1.58. The number of methoxy groups -OCH3 is 1. The molecule has 1 fully saturated rings. The van der Waals surface area contributed by atoms with Crippen molar-refractivity contribution in [1.29, 1.82) is 0 Å². The Bertz CT molecular complexity index is 891. The topological polar surface area (TPSA) is 75.6 Å². The quantitative estimate of drug-likeness (QED) is 0.757. The van der Waals surface area contributed by atoms with Gasteiger partial charge in [-0.15, -0.1) is 0 Å². The van der Waals surface area contributed by atoms with Gasteiger partial charge in [0.2, 0.25) is 5.91 Å². The molecule has 0 radical (unpaired) electrons. The molecule has 2 aliphatic rings. The van der Waals surface area contributed by atoms with Crippen molar-refractivity contribution in [2.24, 2.45) is 23.7 Å². The summed E-state index contributed by atoms with van der Waals surface area (Å²) in [4.78, 5) is 25.0. The lowest BCUT2D eigenvalue weighted by Crippen LogP contribution is -2.41. The molecule has 2 N–H and O–H groups in total.